The van der Waals surface area contributed by atoms with Gasteiger partial charge < -0.3 is 9.30 Å². The lowest BCUT2D eigenvalue weighted by Gasteiger charge is -2.36. The van der Waals surface area contributed by atoms with Crippen LogP contribution in [-0.2, 0) is 9.59 Å². The molecule has 0 bridgehead atoms. The predicted octanol–water partition coefficient (Wildman–Crippen LogP) is 4.96. The van der Waals surface area contributed by atoms with E-state index in [-0.39, 0.29) is 16.4 Å². The number of anilines is 1. The molecule has 10 heteroatoms. The van der Waals surface area contributed by atoms with Crippen LogP contribution in [0.2, 0.25) is 0 Å². The molecule has 0 spiro atoms. The van der Waals surface area contributed by atoms with Crippen molar-refractivity contribution in [2.45, 2.75) is 27.2 Å². The van der Waals surface area contributed by atoms with Crippen molar-refractivity contribution in [2.24, 2.45) is 0 Å². The van der Waals surface area contributed by atoms with Crippen molar-refractivity contribution in [2.75, 3.05) is 18.6 Å². The van der Waals surface area contributed by atoms with E-state index in [4.69, 9.17) is 17.0 Å². The van der Waals surface area contributed by atoms with E-state index in [1.807, 2.05) is 19.9 Å². The Labute approximate surface area is 219 Å². The van der Waals surface area contributed by atoms with Crippen molar-refractivity contribution < 1.29 is 19.2 Å². The van der Waals surface area contributed by atoms with Crippen molar-refractivity contribution in [3.8, 4) is 11.4 Å². The van der Waals surface area contributed by atoms with E-state index in [2.05, 4.69) is 0 Å². The van der Waals surface area contributed by atoms with Crippen LogP contribution in [0.1, 0.15) is 30.3 Å². The van der Waals surface area contributed by atoms with Crippen LogP contribution in [0.3, 0.4) is 0 Å². The summed E-state index contributed by atoms with van der Waals surface area (Å²) in [6.07, 6.45) is 2.20. The Balaban J connectivity index is 1.85. The van der Waals surface area contributed by atoms with Gasteiger partial charge in [0.1, 0.15) is 17.0 Å². The van der Waals surface area contributed by atoms with Crippen LogP contribution in [0.15, 0.2) is 60.2 Å². The molecule has 1 aliphatic heterocycles. The van der Waals surface area contributed by atoms with Gasteiger partial charge in [0.2, 0.25) is 0 Å². The minimum Gasteiger partial charge on any atom is -0.496 e. The fraction of sp³-hybridized carbons (Fsp3) is 0.222. The monoisotopic (exact) mass is 518 g/mol. The van der Waals surface area contributed by atoms with E-state index in [1.165, 1.54) is 23.0 Å². The summed E-state index contributed by atoms with van der Waals surface area (Å²) in [5.74, 6) is -0.621. The first-order chi connectivity index (χ1) is 17.7. The molecule has 1 fully saturated rings. The van der Waals surface area contributed by atoms with E-state index in [0.717, 1.165) is 0 Å². The zero-order valence-corrected chi connectivity index (χ0v) is 21.7. The second-order valence-electron chi connectivity index (χ2n) is 8.55. The summed E-state index contributed by atoms with van der Waals surface area (Å²) >= 11 is 5.55. The van der Waals surface area contributed by atoms with Crippen LogP contribution in [0.25, 0.3) is 11.8 Å². The van der Waals surface area contributed by atoms with Gasteiger partial charge in [-0.1, -0.05) is 25.1 Å². The molecular formula is C27H26N4O5S. The summed E-state index contributed by atoms with van der Waals surface area (Å²) in [5, 5.41) is 11.9. The maximum atomic E-state index is 13.6. The molecule has 2 heterocycles. The molecule has 0 unspecified atom stereocenters. The Hall–Kier alpha value is -4.31. The second-order valence-corrected chi connectivity index (χ2v) is 8.91. The highest BCUT2D eigenvalue weighted by Gasteiger charge is 2.40. The molecule has 0 aliphatic carbocycles. The van der Waals surface area contributed by atoms with Crippen LogP contribution in [0.5, 0.6) is 5.75 Å². The Kier molecular flexibility index (Phi) is 7.21. The molecule has 2 amide bonds. The molecule has 0 radical (unpaired) electrons. The molecule has 3 aromatic rings. The molecule has 1 aromatic heterocycles. The lowest BCUT2D eigenvalue weighted by atomic mass is 10.1. The average molecular weight is 519 g/mol. The Bertz CT molecular complexity index is 1440. The van der Waals surface area contributed by atoms with E-state index >= 15 is 0 Å². The number of carbonyl (C=O) groups excluding carboxylic acids is 2. The normalized spacial score (nSPS) is 15.0. The van der Waals surface area contributed by atoms with Crippen LogP contribution >= 0.6 is 12.2 Å². The van der Waals surface area contributed by atoms with Crippen LogP contribution < -0.4 is 9.64 Å². The molecule has 2 aromatic carbocycles. The van der Waals surface area contributed by atoms with Crippen molar-refractivity contribution in [3.05, 3.63) is 87.2 Å². The molecule has 0 saturated carbocycles. The van der Waals surface area contributed by atoms with Crippen LogP contribution in [0, 0.1) is 24.0 Å². The predicted molar refractivity (Wildman–Crippen MR) is 145 cm³/mol. The Morgan fingerprint density at radius 2 is 1.76 bits per heavy atom. The number of amides is 2. The molecule has 1 saturated heterocycles. The summed E-state index contributed by atoms with van der Waals surface area (Å²) in [4.78, 5) is 41.2. The minimum absolute atomic E-state index is 0.0321. The fourth-order valence-electron chi connectivity index (χ4n) is 4.43. The smallest absolute Gasteiger partial charge is 0.296 e. The van der Waals surface area contributed by atoms with E-state index in [0.29, 0.717) is 47.0 Å². The summed E-state index contributed by atoms with van der Waals surface area (Å²) in [5.41, 5.74) is 2.70. The largest absolute Gasteiger partial charge is 0.496 e. The second kappa shape index (κ2) is 10.4. The number of aryl methyl sites for hydroxylation is 1. The first kappa shape index (κ1) is 25.8. The van der Waals surface area contributed by atoms with E-state index in [9.17, 15) is 19.7 Å². The number of carbonyl (C=O) groups is 2. The Morgan fingerprint density at radius 1 is 1.05 bits per heavy atom. The lowest BCUT2D eigenvalue weighted by Crippen LogP contribution is -2.56. The maximum absolute atomic E-state index is 13.6. The van der Waals surface area contributed by atoms with Crippen LogP contribution in [-0.4, -0.2) is 45.0 Å². The minimum atomic E-state index is -0.520. The van der Waals surface area contributed by atoms with E-state index < -0.39 is 16.7 Å². The molecular weight excluding hydrogens is 492 g/mol. The third-order valence-electron chi connectivity index (χ3n) is 6.18. The SMILES string of the molecule is CCCN1C(=O)/C(=C\c2cc(C)n(-c3ccc(OC)cc3[N+](=O)[O-])c2C)C(=O)N(c2ccccc2)C1=S. The lowest BCUT2D eigenvalue weighted by molar-refractivity contribution is -0.384. The first-order valence-electron chi connectivity index (χ1n) is 11.7. The third-order valence-corrected chi connectivity index (χ3v) is 6.59. The summed E-state index contributed by atoms with van der Waals surface area (Å²) in [7, 11) is 1.44. The van der Waals surface area contributed by atoms with Gasteiger partial charge >= 0.3 is 0 Å². The number of thiocarbonyl (C=S) groups is 1. The van der Waals surface area contributed by atoms with Crippen molar-refractivity contribution >= 4 is 46.6 Å². The number of hydrogen-bond donors (Lipinski definition) is 0. The van der Waals surface area contributed by atoms with Gasteiger partial charge in [0.15, 0.2) is 5.11 Å². The number of ether oxygens (including phenoxy) is 1. The van der Waals surface area contributed by atoms with Gasteiger partial charge in [-0.25, -0.2) is 0 Å². The maximum Gasteiger partial charge on any atom is 0.296 e. The third kappa shape index (κ3) is 4.63. The zero-order chi connectivity index (χ0) is 26.9. The Morgan fingerprint density at radius 3 is 2.38 bits per heavy atom. The molecule has 0 atom stereocenters. The number of hydrogen-bond acceptors (Lipinski definition) is 6. The highest BCUT2D eigenvalue weighted by atomic mass is 32.1. The van der Waals surface area contributed by atoms with Gasteiger partial charge in [-0.2, -0.15) is 0 Å². The number of methoxy groups -OCH3 is 1. The van der Waals surface area contributed by atoms with Crippen LogP contribution in [0.4, 0.5) is 11.4 Å². The topological polar surface area (TPSA) is 97.9 Å². The highest BCUT2D eigenvalue weighted by molar-refractivity contribution is 7.80. The molecule has 1 aliphatic rings. The van der Waals surface area contributed by atoms with Gasteiger partial charge in [0.05, 0.1) is 23.8 Å². The number of nitro groups is 1. The summed E-state index contributed by atoms with van der Waals surface area (Å²) in [6, 6.07) is 15.4. The number of nitrogens with zero attached hydrogens (tertiary/aromatic N) is 4. The van der Waals surface area contributed by atoms with Crippen molar-refractivity contribution in [1.29, 1.82) is 0 Å². The summed E-state index contributed by atoms with van der Waals surface area (Å²) < 4.78 is 6.88. The fourth-order valence-corrected chi connectivity index (χ4v) is 4.79. The number of para-hydroxylation sites is 1. The molecule has 0 N–H and O–H groups in total. The quantitative estimate of drug-likeness (QED) is 0.144. The van der Waals surface area contributed by atoms with Gasteiger partial charge in [-0.15, -0.1) is 0 Å². The number of nitro benzene ring substituents is 1. The number of benzene rings is 2. The molecule has 190 valence electrons. The average Bonchev–Trinajstić information content (AvgIpc) is 3.17. The molecule has 37 heavy (non-hydrogen) atoms. The summed E-state index contributed by atoms with van der Waals surface area (Å²) in [6.45, 7) is 5.89. The number of aromatic nitrogens is 1. The van der Waals surface area contributed by atoms with Gasteiger partial charge in [-0.3, -0.25) is 29.5 Å². The van der Waals surface area contributed by atoms with Gasteiger partial charge in [0.25, 0.3) is 17.5 Å². The van der Waals surface area contributed by atoms with Gasteiger partial charge in [0, 0.05) is 17.9 Å². The first-order valence-corrected chi connectivity index (χ1v) is 12.1. The standard InChI is InChI=1S/C27H26N4O5S/c1-5-13-28-25(32)22(26(33)30(27(28)37)20-9-7-6-8-10-20)15-19-14-17(2)29(18(19)3)23-12-11-21(36-4)16-24(23)31(34)35/h6-12,14-16H,5,13H2,1-4H3/b22-15+. The molecule has 9 nitrogen and oxygen atoms in total. The van der Waals surface area contributed by atoms with Crippen molar-refractivity contribution in [3.63, 3.8) is 0 Å². The zero-order valence-electron chi connectivity index (χ0n) is 20.9. The number of rotatable bonds is 7. The molecule has 4 rings (SSSR count). The highest BCUT2D eigenvalue weighted by Crippen LogP contribution is 2.33. The van der Waals surface area contributed by atoms with Crippen molar-refractivity contribution in [1.82, 2.24) is 9.47 Å². The van der Waals surface area contributed by atoms with Gasteiger partial charge in [-0.05, 0) is 74.5 Å². The van der Waals surface area contributed by atoms with E-state index in [1.54, 1.807) is 60.0 Å².